The van der Waals surface area contributed by atoms with Gasteiger partial charge < -0.3 is 9.79 Å². The van der Waals surface area contributed by atoms with E-state index in [9.17, 15) is 9.13 Å². The minimum Gasteiger partial charge on any atom is -0.326 e. The van der Waals surface area contributed by atoms with Gasteiger partial charge in [-0.25, -0.2) is 4.31 Å². The maximum absolute atomic E-state index is 9.44. The Morgan fingerprint density at radius 1 is 0.810 bits per heavy atom. The maximum Gasteiger partial charge on any atom is 0.323 e. The summed E-state index contributed by atoms with van der Waals surface area (Å²) in [4.78, 5) is 15.4. The molecule has 5 nitrogen and oxygen atoms in total. The van der Waals surface area contributed by atoms with Crippen LogP contribution in [-0.2, 0) is 13.4 Å². The molecule has 0 aliphatic heterocycles. The molecule has 126 valence electrons. The highest BCUT2D eigenvalue weighted by Gasteiger charge is 2.27. The monoisotopic (exact) mass is 340 g/mol. The fourth-order valence-corrected chi connectivity index (χ4v) is 4.38. The van der Waals surface area contributed by atoms with Gasteiger partial charge in [0.15, 0.2) is 0 Å². The summed E-state index contributed by atoms with van der Waals surface area (Å²) in [5, 5.41) is 0. The lowest BCUT2D eigenvalue weighted by atomic mass is 9.71. The van der Waals surface area contributed by atoms with Crippen LogP contribution >= 0.6 is 16.5 Å². The predicted molar refractivity (Wildman–Crippen MR) is 85.8 cm³/mol. The van der Waals surface area contributed by atoms with Gasteiger partial charge in [0.1, 0.15) is 0 Å². The highest BCUT2D eigenvalue weighted by atomic mass is 31.2. The predicted octanol–water partition coefficient (Wildman–Crippen LogP) is 4.55. The Balaban J connectivity index is 0.000000270. The van der Waals surface area contributed by atoms with Gasteiger partial charge in [-0.3, -0.25) is 9.13 Å². The van der Waals surface area contributed by atoms with Gasteiger partial charge in [-0.05, 0) is 17.8 Å². The molecular weight excluding hydrogens is 310 g/mol. The van der Waals surface area contributed by atoms with E-state index in [1.54, 1.807) is 0 Å². The Morgan fingerprint density at radius 2 is 1.14 bits per heavy atom. The molecule has 0 radical (unpaired) electrons. The normalized spacial score (nSPS) is 24.2. The summed E-state index contributed by atoms with van der Waals surface area (Å²) in [5.74, 6) is 3.22. The number of rotatable bonds is 4. The van der Waals surface area contributed by atoms with Crippen LogP contribution in [0.25, 0.3) is 0 Å². The minimum atomic E-state index is -3.20. The van der Waals surface area contributed by atoms with Crippen molar-refractivity contribution in [1.29, 1.82) is 0 Å². The fraction of sp³-hybridized carbons (Fsp3) is 1.00. The molecule has 0 aromatic carbocycles. The van der Waals surface area contributed by atoms with Crippen molar-refractivity contribution in [2.45, 2.75) is 71.1 Å². The second-order valence-electron chi connectivity index (χ2n) is 6.29. The van der Waals surface area contributed by atoms with Crippen molar-refractivity contribution in [2.75, 3.05) is 0 Å². The number of hydrogen-bond donors (Lipinski definition) is 2. The van der Waals surface area contributed by atoms with Crippen molar-refractivity contribution in [3.05, 3.63) is 0 Å². The summed E-state index contributed by atoms with van der Waals surface area (Å²) in [6.07, 6.45) is 15.2. The topological polar surface area (TPSA) is 83.8 Å². The lowest BCUT2D eigenvalue weighted by Crippen LogP contribution is -2.24. The second-order valence-corrected chi connectivity index (χ2v) is 8.17. The average molecular weight is 340 g/mol. The van der Waals surface area contributed by atoms with E-state index in [1.165, 1.54) is 64.2 Å². The molecule has 0 aromatic rings. The summed E-state index contributed by atoms with van der Waals surface area (Å²) in [6, 6.07) is 0. The van der Waals surface area contributed by atoms with Gasteiger partial charge in [-0.2, -0.15) is 0 Å². The van der Waals surface area contributed by atoms with Gasteiger partial charge >= 0.3 is 16.5 Å². The van der Waals surface area contributed by atoms with Crippen molar-refractivity contribution in [3.63, 3.8) is 0 Å². The van der Waals surface area contributed by atoms with E-state index in [2.05, 4.69) is 11.2 Å². The minimum absolute atomic E-state index is 1.04. The molecule has 0 heterocycles. The first-order valence-electron chi connectivity index (χ1n) is 8.14. The van der Waals surface area contributed by atoms with E-state index in [0.717, 1.165) is 17.8 Å². The van der Waals surface area contributed by atoms with Crippen LogP contribution in [0.5, 0.6) is 0 Å². The Kier molecular flexibility index (Phi) is 10.1. The molecule has 0 amide bonds. The summed E-state index contributed by atoms with van der Waals surface area (Å²) in [5.41, 5.74) is 0. The van der Waals surface area contributed by atoms with E-state index < -0.39 is 16.5 Å². The molecule has 0 spiro atoms. The number of hydrogen-bond acceptors (Lipinski definition) is 3. The van der Waals surface area contributed by atoms with Gasteiger partial charge in [0.2, 0.25) is 0 Å². The fourth-order valence-electron chi connectivity index (χ4n) is 3.78. The molecule has 0 bridgehead atoms. The Hall–Kier alpha value is 0.340. The van der Waals surface area contributed by atoms with E-state index in [1.807, 2.05) is 0 Å². The molecule has 2 saturated carbocycles. The van der Waals surface area contributed by atoms with Crippen LogP contribution < -0.4 is 0 Å². The Labute approximate surface area is 129 Å². The summed E-state index contributed by atoms with van der Waals surface area (Å²) >= 11 is 0. The molecule has 2 unspecified atom stereocenters. The third kappa shape index (κ3) is 8.52. The largest absolute Gasteiger partial charge is 0.326 e. The molecule has 21 heavy (non-hydrogen) atoms. The molecule has 2 aliphatic rings. The van der Waals surface area contributed by atoms with E-state index in [-0.39, 0.29) is 0 Å². The summed E-state index contributed by atoms with van der Waals surface area (Å²) in [7, 11) is -6.40. The third-order valence-corrected chi connectivity index (χ3v) is 6.36. The lowest BCUT2D eigenvalue weighted by molar-refractivity contribution is 0.159. The van der Waals surface area contributed by atoms with Crippen LogP contribution in [0.15, 0.2) is 0 Å². The van der Waals surface area contributed by atoms with Crippen LogP contribution in [0.2, 0.25) is 0 Å². The van der Waals surface area contributed by atoms with Gasteiger partial charge in [-0.15, -0.1) is 0 Å². The van der Waals surface area contributed by atoms with Crippen LogP contribution in [0.3, 0.4) is 0 Å². The summed E-state index contributed by atoms with van der Waals surface area (Å²) in [6.45, 7) is 2.55. The second kappa shape index (κ2) is 11.0. The molecule has 0 aromatic heterocycles. The molecule has 2 atom stereocenters. The Bertz CT molecular complexity index is 295. The molecule has 2 fully saturated rings. The lowest BCUT2D eigenvalue weighted by Gasteiger charge is -2.35. The van der Waals surface area contributed by atoms with E-state index in [4.69, 9.17) is 9.79 Å². The molecule has 7 heteroatoms. The van der Waals surface area contributed by atoms with Gasteiger partial charge in [-0.1, -0.05) is 71.1 Å². The van der Waals surface area contributed by atoms with Crippen molar-refractivity contribution in [3.8, 4) is 0 Å². The highest BCUT2D eigenvalue weighted by molar-refractivity contribution is 7.46. The quantitative estimate of drug-likeness (QED) is 0.734. The van der Waals surface area contributed by atoms with Gasteiger partial charge in [0, 0.05) is 0 Å². The van der Waals surface area contributed by atoms with Crippen molar-refractivity contribution < 1.29 is 23.2 Å². The van der Waals surface area contributed by atoms with Crippen LogP contribution in [0.1, 0.15) is 71.1 Å². The molecule has 2 rings (SSSR count). The van der Waals surface area contributed by atoms with Crippen LogP contribution in [0.4, 0.5) is 0 Å². The van der Waals surface area contributed by atoms with Gasteiger partial charge in [0.25, 0.3) is 0 Å². The van der Waals surface area contributed by atoms with Gasteiger partial charge in [0.05, 0.1) is 0 Å². The van der Waals surface area contributed by atoms with E-state index >= 15 is 0 Å². The first-order valence-corrected chi connectivity index (χ1v) is 10.7. The summed E-state index contributed by atoms with van der Waals surface area (Å²) < 4.78 is 22.3. The standard InChI is InChI=1S/C14H26.H4O5P2/c1-12(13-8-4-2-5-9-13)14-10-6-3-7-11-14;1-6(2)5-7(3)4/h12-14H,2-11H2,1H3;6-7H,(H,1,2)(H,3,4). The molecular formula is C14H30O5P2. The van der Waals surface area contributed by atoms with Crippen LogP contribution in [0, 0.1) is 17.8 Å². The molecule has 0 saturated heterocycles. The molecule has 2 N–H and O–H groups in total. The zero-order valence-electron chi connectivity index (χ0n) is 12.9. The zero-order chi connectivity index (χ0) is 15.7. The third-order valence-electron chi connectivity index (χ3n) is 4.96. The maximum atomic E-state index is 9.44. The first-order chi connectivity index (χ1) is 10.0. The van der Waals surface area contributed by atoms with Crippen molar-refractivity contribution >= 4 is 16.5 Å². The molecule has 2 aliphatic carbocycles. The highest BCUT2D eigenvalue weighted by Crippen LogP contribution is 2.39. The Morgan fingerprint density at radius 3 is 1.38 bits per heavy atom. The average Bonchev–Trinajstić information content (AvgIpc) is 2.47. The smallest absolute Gasteiger partial charge is 0.323 e. The van der Waals surface area contributed by atoms with Crippen molar-refractivity contribution in [2.24, 2.45) is 17.8 Å². The van der Waals surface area contributed by atoms with E-state index in [0.29, 0.717) is 0 Å². The van der Waals surface area contributed by atoms with Crippen molar-refractivity contribution in [1.82, 2.24) is 0 Å². The van der Waals surface area contributed by atoms with Crippen LogP contribution in [-0.4, -0.2) is 9.79 Å². The zero-order valence-corrected chi connectivity index (χ0v) is 14.9. The first kappa shape index (κ1) is 19.4. The SMILES string of the molecule is CC(C1CCCCC1)C1CCCCC1.O=[PH](O)O[PH](=O)O.